The number of benzene rings is 1. The Balaban J connectivity index is 2.54. The predicted molar refractivity (Wildman–Crippen MR) is 79.4 cm³/mol. The first-order valence-corrected chi connectivity index (χ1v) is 6.62. The van der Waals surface area contributed by atoms with E-state index in [-0.39, 0.29) is 13.2 Å². The highest BCUT2D eigenvalue weighted by atomic mass is 16.5. The Hall–Kier alpha value is -1.85. The van der Waals surface area contributed by atoms with Crippen molar-refractivity contribution in [2.45, 2.75) is 6.92 Å². The van der Waals surface area contributed by atoms with E-state index in [0.717, 1.165) is 28.0 Å². The normalized spacial score (nSPS) is 10.8. The molecule has 108 valence electrons. The number of rotatable bonds is 6. The van der Waals surface area contributed by atoms with E-state index in [1.807, 2.05) is 36.1 Å². The third kappa shape index (κ3) is 2.84. The van der Waals surface area contributed by atoms with Gasteiger partial charge < -0.3 is 19.8 Å². The number of nitrogens with zero attached hydrogens (tertiary/aromatic N) is 2. The van der Waals surface area contributed by atoms with Crippen LogP contribution in [0, 0.1) is 6.92 Å². The molecule has 2 rings (SSSR count). The van der Waals surface area contributed by atoms with E-state index in [9.17, 15) is 0 Å². The summed E-state index contributed by atoms with van der Waals surface area (Å²) in [7, 11) is 1.62. The largest absolute Gasteiger partial charge is 0.494 e. The Morgan fingerprint density at radius 2 is 1.90 bits per heavy atom. The minimum absolute atomic E-state index is 0.0185. The lowest BCUT2D eigenvalue weighted by atomic mass is 10.1. The van der Waals surface area contributed by atoms with Gasteiger partial charge in [0.05, 0.1) is 20.3 Å². The second-order valence-electron chi connectivity index (χ2n) is 4.59. The number of aliphatic hydroxyl groups excluding tert-OH is 2. The van der Waals surface area contributed by atoms with Crippen LogP contribution in [0.4, 0.5) is 5.82 Å². The maximum absolute atomic E-state index is 9.13. The summed E-state index contributed by atoms with van der Waals surface area (Å²) in [6.07, 6.45) is 0. The maximum atomic E-state index is 9.13. The standard InChI is InChI=1S/C15H20N2O3/c1-11-10-14(17(6-8-18)7-9-19)16-15-12(11)4-3-5-13(15)20-2/h3-5,10,18-19H,6-9H2,1-2H3. The molecule has 0 amide bonds. The van der Waals surface area contributed by atoms with Gasteiger partial charge in [0.2, 0.25) is 0 Å². The van der Waals surface area contributed by atoms with Crippen molar-refractivity contribution in [3.8, 4) is 5.75 Å². The number of fused-ring (bicyclic) bond motifs is 1. The molecule has 0 atom stereocenters. The SMILES string of the molecule is COc1cccc2c(C)cc(N(CCO)CCO)nc12. The fraction of sp³-hybridized carbons (Fsp3) is 0.400. The van der Waals surface area contributed by atoms with E-state index in [1.165, 1.54) is 0 Å². The van der Waals surface area contributed by atoms with Crippen molar-refractivity contribution in [2.24, 2.45) is 0 Å². The molecule has 0 aliphatic heterocycles. The van der Waals surface area contributed by atoms with Crippen LogP contribution in [-0.4, -0.2) is 48.6 Å². The Morgan fingerprint density at radius 1 is 1.20 bits per heavy atom. The van der Waals surface area contributed by atoms with Crippen molar-refractivity contribution in [3.63, 3.8) is 0 Å². The molecule has 1 heterocycles. The zero-order valence-corrected chi connectivity index (χ0v) is 11.8. The van der Waals surface area contributed by atoms with Crippen LogP contribution < -0.4 is 9.64 Å². The predicted octanol–water partition coefficient (Wildman–Crippen LogP) is 1.34. The average Bonchev–Trinajstić information content (AvgIpc) is 2.46. The van der Waals surface area contributed by atoms with Crippen molar-refractivity contribution >= 4 is 16.7 Å². The van der Waals surface area contributed by atoms with E-state index < -0.39 is 0 Å². The molecule has 20 heavy (non-hydrogen) atoms. The van der Waals surface area contributed by atoms with Gasteiger partial charge in [-0.1, -0.05) is 12.1 Å². The second kappa shape index (κ2) is 6.54. The topological polar surface area (TPSA) is 65.8 Å². The number of para-hydroxylation sites is 1. The smallest absolute Gasteiger partial charge is 0.145 e. The molecule has 1 aromatic carbocycles. The summed E-state index contributed by atoms with van der Waals surface area (Å²) in [6.45, 7) is 2.93. The molecule has 0 spiro atoms. The molecule has 5 heteroatoms. The van der Waals surface area contributed by atoms with E-state index in [0.29, 0.717) is 13.1 Å². The fourth-order valence-corrected chi connectivity index (χ4v) is 2.28. The Morgan fingerprint density at radius 3 is 2.50 bits per heavy atom. The molecule has 1 aromatic heterocycles. The summed E-state index contributed by atoms with van der Waals surface area (Å²) >= 11 is 0. The minimum Gasteiger partial charge on any atom is -0.494 e. The Labute approximate surface area is 118 Å². The molecular weight excluding hydrogens is 256 g/mol. The zero-order valence-electron chi connectivity index (χ0n) is 11.8. The van der Waals surface area contributed by atoms with E-state index in [4.69, 9.17) is 14.9 Å². The summed E-state index contributed by atoms with van der Waals surface area (Å²) < 4.78 is 5.36. The molecule has 0 saturated carbocycles. The number of ether oxygens (including phenoxy) is 1. The van der Waals surface area contributed by atoms with Gasteiger partial charge >= 0.3 is 0 Å². The van der Waals surface area contributed by atoms with Crippen LogP contribution in [0.1, 0.15) is 5.56 Å². The van der Waals surface area contributed by atoms with E-state index >= 15 is 0 Å². The van der Waals surface area contributed by atoms with Crippen LogP contribution in [-0.2, 0) is 0 Å². The molecule has 0 radical (unpaired) electrons. The first-order chi connectivity index (χ1) is 9.71. The van der Waals surface area contributed by atoms with Gasteiger partial charge in [-0.05, 0) is 24.6 Å². The van der Waals surface area contributed by atoms with Gasteiger partial charge in [0, 0.05) is 18.5 Å². The number of aryl methyl sites for hydroxylation is 1. The summed E-state index contributed by atoms with van der Waals surface area (Å²) in [5, 5.41) is 19.3. The van der Waals surface area contributed by atoms with Gasteiger partial charge in [-0.2, -0.15) is 0 Å². The number of aromatic nitrogens is 1. The van der Waals surface area contributed by atoms with Crippen LogP contribution in [0.5, 0.6) is 5.75 Å². The number of pyridine rings is 1. The Bertz CT molecular complexity index is 581. The highest BCUT2D eigenvalue weighted by Crippen LogP contribution is 2.29. The van der Waals surface area contributed by atoms with E-state index in [1.54, 1.807) is 7.11 Å². The summed E-state index contributed by atoms with van der Waals surface area (Å²) in [4.78, 5) is 6.48. The number of methoxy groups -OCH3 is 1. The molecule has 2 aromatic rings. The second-order valence-corrected chi connectivity index (χ2v) is 4.59. The quantitative estimate of drug-likeness (QED) is 0.833. The van der Waals surface area contributed by atoms with Gasteiger partial charge in [-0.25, -0.2) is 4.98 Å². The molecular formula is C15H20N2O3. The van der Waals surface area contributed by atoms with Crippen LogP contribution >= 0.6 is 0 Å². The first kappa shape index (κ1) is 14.6. The highest BCUT2D eigenvalue weighted by Gasteiger charge is 2.12. The molecule has 0 aliphatic carbocycles. The van der Waals surface area contributed by atoms with Crippen molar-refractivity contribution in [1.82, 2.24) is 4.98 Å². The first-order valence-electron chi connectivity index (χ1n) is 6.62. The zero-order chi connectivity index (χ0) is 14.5. The van der Waals surface area contributed by atoms with Crippen molar-refractivity contribution in [1.29, 1.82) is 0 Å². The van der Waals surface area contributed by atoms with Gasteiger partial charge in [0.15, 0.2) is 0 Å². The van der Waals surface area contributed by atoms with Gasteiger partial charge in [0.1, 0.15) is 17.1 Å². The van der Waals surface area contributed by atoms with Crippen LogP contribution in [0.25, 0.3) is 10.9 Å². The minimum atomic E-state index is 0.0185. The molecule has 5 nitrogen and oxygen atoms in total. The highest BCUT2D eigenvalue weighted by molar-refractivity contribution is 5.88. The lowest BCUT2D eigenvalue weighted by Gasteiger charge is -2.23. The third-order valence-corrected chi connectivity index (χ3v) is 3.28. The molecule has 0 aliphatic rings. The third-order valence-electron chi connectivity index (χ3n) is 3.28. The molecule has 0 saturated heterocycles. The lowest BCUT2D eigenvalue weighted by molar-refractivity contribution is 0.280. The average molecular weight is 276 g/mol. The van der Waals surface area contributed by atoms with Crippen molar-refractivity contribution in [3.05, 3.63) is 29.8 Å². The van der Waals surface area contributed by atoms with Crippen molar-refractivity contribution in [2.75, 3.05) is 38.3 Å². The van der Waals surface area contributed by atoms with Crippen LogP contribution in [0.3, 0.4) is 0 Å². The summed E-state index contributed by atoms with van der Waals surface area (Å²) in [6, 6.07) is 7.79. The number of aliphatic hydroxyl groups is 2. The Kier molecular flexibility index (Phi) is 4.76. The van der Waals surface area contributed by atoms with Gasteiger partial charge in [-0.3, -0.25) is 0 Å². The number of anilines is 1. The van der Waals surface area contributed by atoms with E-state index in [2.05, 4.69) is 4.98 Å². The van der Waals surface area contributed by atoms with Crippen LogP contribution in [0.2, 0.25) is 0 Å². The molecule has 0 unspecified atom stereocenters. The van der Waals surface area contributed by atoms with Gasteiger partial charge in [0.25, 0.3) is 0 Å². The lowest BCUT2D eigenvalue weighted by Crippen LogP contribution is -2.30. The summed E-state index contributed by atoms with van der Waals surface area (Å²) in [5.41, 5.74) is 1.88. The fourth-order valence-electron chi connectivity index (χ4n) is 2.28. The molecule has 0 fully saturated rings. The number of hydrogen-bond donors (Lipinski definition) is 2. The monoisotopic (exact) mass is 276 g/mol. The number of hydrogen-bond acceptors (Lipinski definition) is 5. The van der Waals surface area contributed by atoms with Crippen molar-refractivity contribution < 1.29 is 14.9 Å². The van der Waals surface area contributed by atoms with Gasteiger partial charge in [-0.15, -0.1) is 0 Å². The van der Waals surface area contributed by atoms with Crippen LogP contribution in [0.15, 0.2) is 24.3 Å². The summed E-state index contributed by atoms with van der Waals surface area (Å²) in [5.74, 6) is 1.46. The molecule has 0 bridgehead atoms. The maximum Gasteiger partial charge on any atom is 0.145 e. The molecule has 2 N–H and O–H groups in total.